The Morgan fingerprint density at radius 1 is 1.42 bits per heavy atom. The summed E-state index contributed by atoms with van der Waals surface area (Å²) < 4.78 is 12.0. The molecule has 10 heteroatoms. The topological polar surface area (TPSA) is 125 Å². The predicted octanol–water partition coefficient (Wildman–Crippen LogP) is 0.664. The van der Waals surface area contributed by atoms with Gasteiger partial charge in [0, 0.05) is 10.5 Å². The Morgan fingerprint density at radius 2 is 2.17 bits per heavy atom. The fraction of sp³-hybridized carbons (Fsp3) is 0.429. The van der Waals surface area contributed by atoms with Crippen molar-refractivity contribution < 1.29 is 19.5 Å². The van der Waals surface area contributed by atoms with Crippen molar-refractivity contribution in [3.05, 3.63) is 40.2 Å². The van der Waals surface area contributed by atoms with Crippen molar-refractivity contribution in [2.45, 2.75) is 24.7 Å². The van der Waals surface area contributed by atoms with E-state index in [-0.39, 0.29) is 5.95 Å². The van der Waals surface area contributed by atoms with Crippen molar-refractivity contribution in [2.24, 2.45) is 0 Å². The van der Waals surface area contributed by atoms with Gasteiger partial charge in [-0.15, -0.1) is 0 Å². The maximum atomic E-state index is 11.7. The van der Waals surface area contributed by atoms with Crippen molar-refractivity contribution in [1.82, 2.24) is 14.8 Å². The Labute approximate surface area is 137 Å². The van der Waals surface area contributed by atoms with E-state index in [0.29, 0.717) is 17.1 Å². The predicted molar refractivity (Wildman–Crippen MR) is 82.7 cm³/mol. The first-order valence-electron chi connectivity index (χ1n) is 7.15. The number of rotatable bonds is 4. The second-order valence-electron chi connectivity index (χ2n) is 5.56. The van der Waals surface area contributed by atoms with Gasteiger partial charge >= 0.3 is 0 Å². The van der Waals surface area contributed by atoms with Crippen LogP contribution >= 0.6 is 0 Å². The number of hydrogen-bond donors (Lipinski definition) is 2. The largest absolute Gasteiger partial charge is 0.493 e. The van der Waals surface area contributed by atoms with Crippen molar-refractivity contribution in [3.8, 4) is 11.5 Å². The smallest absolute Gasteiger partial charge is 0.285 e. The van der Waals surface area contributed by atoms with Gasteiger partial charge in [0.05, 0.1) is 14.2 Å². The molecular weight excluding hydrogens is 318 g/mol. The third-order valence-electron chi connectivity index (χ3n) is 4.06. The van der Waals surface area contributed by atoms with Crippen LogP contribution in [0.5, 0.6) is 11.5 Å². The third-order valence-corrected chi connectivity index (χ3v) is 4.06. The van der Waals surface area contributed by atoms with Gasteiger partial charge in [0.15, 0.2) is 17.5 Å². The number of anilines is 1. The van der Waals surface area contributed by atoms with Gasteiger partial charge in [0.2, 0.25) is 11.7 Å². The Kier molecular flexibility index (Phi) is 3.76. The van der Waals surface area contributed by atoms with Crippen LogP contribution in [0.15, 0.2) is 24.5 Å². The van der Waals surface area contributed by atoms with Gasteiger partial charge in [-0.1, -0.05) is 12.1 Å². The standard InChI is InChI=1S/C14H17N5O5/c1-14(20)12(19(21)22)10(18-13(17-14)15-7-16-18)8-5-4-6-9(23-2)11(8)24-3/h4-7,10,12,20H,1-3H3,(H,15,16,17)/t10-,12+,14+/m0/s1. The lowest BCUT2D eigenvalue weighted by Gasteiger charge is -2.38. The molecule has 0 aliphatic carbocycles. The molecule has 0 radical (unpaired) electrons. The minimum absolute atomic E-state index is 0.230. The van der Waals surface area contributed by atoms with E-state index < -0.39 is 22.7 Å². The summed E-state index contributed by atoms with van der Waals surface area (Å²) in [6, 6.07) is 2.70. The maximum Gasteiger partial charge on any atom is 0.285 e. The van der Waals surface area contributed by atoms with Gasteiger partial charge in [-0.25, -0.2) is 4.68 Å². The number of aromatic nitrogens is 3. The molecular formula is C14H17N5O5. The fourth-order valence-corrected chi connectivity index (χ4v) is 3.05. The minimum atomic E-state index is -1.83. The number of methoxy groups -OCH3 is 2. The van der Waals surface area contributed by atoms with Gasteiger partial charge in [-0.05, 0) is 13.0 Å². The molecule has 10 nitrogen and oxygen atoms in total. The van der Waals surface area contributed by atoms with Crippen LogP contribution in [-0.2, 0) is 0 Å². The summed E-state index contributed by atoms with van der Waals surface area (Å²) in [4.78, 5) is 15.2. The number of hydrogen-bond acceptors (Lipinski definition) is 8. The molecule has 1 aliphatic rings. The Hall–Kier alpha value is -2.88. The van der Waals surface area contributed by atoms with E-state index in [9.17, 15) is 15.2 Å². The molecule has 0 bridgehead atoms. The summed E-state index contributed by atoms with van der Waals surface area (Å²) >= 11 is 0. The van der Waals surface area contributed by atoms with Gasteiger partial charge in [-0.3, -0.25) is 10.1 Å². The van der Waals surface area contributed by atoms with Crippen LogP contribution in [-0.4, -0.2) is 50.8 Å². The third kappa shape index (κ3) is 2.31. The zero-order valence-corrected chi connectivity index (χ0v) is 13.3. The van der Waals surface area contributed by atoms with E-state index in [1.807, 2.05) is 0 Å². The van der Waals surface area contributed by atoms with E-state index in [1.165, 1.54) is 32.2 Å². The summed E-state index contributed by atoms with van der Waals surface area (Å²) in [5, 5.41) is 29.0. The number of benzene rings is 1. The summed E-state index contributed by atoms with van der Waals surface area (Å²) in [5.74, 6) is 1.00. The lowest BCUT2D eigenvalue weighted by Crippen LogP contribution is -2.58. The molecule has 24 heavy (non-hydrogen) atoms. The number of fused-ring (bicyclic) bond motifs is 1. The molecule has 0 fully saturated rings. The highest BCUT2D eigenvalue weighted by Gasteiger charge is 2.54. The quantitative estimate of drug-likeness (QED) is 0.617. The monoisotopic (exact) mass is 335 g/mol. The minimum Gasteiger partial charge on any atom is -0.493 e. The van der Waals surface area contributed by atoms with Gasteiger partial charge in [0.1, 0.15) is 6.33 Å². The summed E-state index contributed by atoms with van der Waals surface area (Å²) in [6.45, 7) is 1.33. The van der Waals surface area contributed by atoms with Gasteiger partial charge in [-0.2, -0.15) is 10.1 Å². The molecule has 3 atom stereocenters. The summed E-state index contributed by atoms with van der Waals surface area (Å²) in [5.41, 5.74) is -1.36. The molecule has 128 valence electrons. The summed E-state index contributed by atoms with van der Waals surface area (Å²) in [7, 11) is 2.93. The number of para-hydroxylation sites is 1. The molecule has 3 rings (SSSR count). The molecule has 2 heterocycles. The van der Waals surface area contributed by atoms with E-state index in [1.54, 1.807) is 18.2 Å². The summed E-state index contributed by atoms with van der Waals surface area (Å²) in [6.07, 6.45) is 1.26. The molecule has 0 unspecified atom stereocenters. The normalized spacial score (nSPS) is 25.5. The number of ether oxygens (including phenoxy) is 2. The lowest BCUT2D eigenvalue weighted by atomic mass is 9.90. The number of nitrogens with one attached hydrogen (secondary N) is 1. The lowest BCUT2D eigenvalue weighted by molar-refractivity contribution is -0.549. The second-order valence-corrected chi connectivity index (χ2v) is 5.56. The van der Waals surface area contributed by atoms with Crippen LogP contribution in [0.4, 0.5) is 5.95 Å². The van der Waals surface area contributed by atoms with Gasteiger partial charge < -0.3 is 19.9 Å². The van der Waals surface area contributed by atoms with Crippen molar-refractivity contribution >= 4 is 5.95 Å². The van der Waals surface area contributed by atoms with E-state index in [0.717, 1.165) is 0 Å². The Morgan fingerprint density at radius 3 is 2.79 bits per heavy atom. The van der Waals surface area contributed by atoms with Crippen LogP contribution in [0.3, 0.4) is 0 Å². The van der Waals surface area contributed by atoms with Crippen LogP contribution < -0.4 is 14.8 Å². The van der Waals surface area contributed by atoms with Crippen molar-refractivity contribution in [3.63, 3.8) is 0 Å². The van der Waals surface area contributed by atoms with Crippen LogP contribution in [0.1, 0.15) is 18.5 Å². The van der Waals surface area contributed by atoms with Crippen LogP contribution in [0.25, 0.3) is 0 Å². The zero-order valence-electron chi connectivity index (χ0n) is 13.3. The Bertz CT molecular complexity index is 775. The van der Waals surface area contributed by atoms with Crippen molar-refractivity contribution in [2.75, 3.05) is 19.5 Å². The number of nitro groups is 1. The molecule has 1 aliphatic heterocycles. The number of nitrogens with zero attached hydrogens (tertiary/aromatic N) is 4. The van der Waals surface area contributed by atoms with E-state index in [4.69, 9.17) is 9.47 Å². The Balaban J connectivity index is 2.26. The van der Waals surface area contributed by atoms with E-state index in [2.05, 4.69) is 15.4 Å². The molecule has 0 amide bonds. The van der Waals surface area contributed by atoms with Crippen LogP contribution in [0.2, 0.25) is 0 Å². The fourth-order valence-electron chi connectivity index (χ4n) is 3.05. The molecule has 0 spiro atoms. The first-order valence-corrected chi connectivity index (χ1v) is 7.15. The average Bonchev–Trinajstić information content (AvgIpc) is 2.98. The molecule has 2 aromatic rings. The average molecular weight is 335 g/mol. The molecule has 1 aromatic carbocycles. The first kappa shape index (κ1) is 16.0. The highest BCUT2D eigenvalue weighted by molar-refractivity contribution is 5.50. The maximum absolute atomic E-state index is 11.7. The van der Waals surface area contributed by atoms with E-state index >= 15 is 0 Å². The highest BCUT2D eigenvalue weighted by Crippen LogP contribution is 2.43. The molecule has 0 saturated carbocycles. The van der Waals surface area contributed by atoms with Crippen molar-refractivity contribution in [1.29, 1.82) is 0 Å². The highest BCUT2D eigenvalue weighted by atomic mass is 16.6. The number of aliphatic hydroxyl groups is 1. The molecule has 0 saturated heterocycles. The molecule has 1 aromatic heterocycles. The zero-order chi connectivity index (χ0) is 17.5. The van der Waals surface area contributed by atoms with Crippen LogP contribution in [0, 0.1) is 10.1 Å². The first-order chi connectivity index (χ1) is 11.4. The molecule has 2 N–H and O–H groups in total. The second kappa shape index (κ2) is 5.64. The van der Waals surface area contributed by atoms with Gasteiger partial charge in [0.25, 0.3) is 6.04 Å². The SMILES string of the molecule is COc1cccc([C@H]2[C@@H]([N+](=O)[O-])[C@@](C)(O)Nc3ncnn32)c1OC.